The molecule has 0 aromatic heterocycles. The fourth-order valence-corrected chi connectivity index (χ4v) is 3.25. The van der Waals surface area contributed by atoms with Crippen molar-refractivity contribution < 1.29 is 19.1 Å². The van der Waals surface area contributed by atoms with Crippen molar-refractivity contribution in [3.8, 4) is 5.75 Å². The first-order valence-corrected chi connectivity index (χ1v) is 9.51. The van der Waals surface area contributed by atoms with Crippen LogP contribution in [0.3, 0.4) is 0 Å². The number of hydrogen-bond donors (Lipinski definition) is 2. The lowest BCUT2D eigenvalue weighted by Gasteiger charge is -2.14. The van der Waals surface area contributed by atoms with Crippen LogP contribution in [-0.2, 0) is 9.53 Å². The highest BCUT2D eigenvalue weighted by molar-refractivity contribution is 6.04. The molecule has 1 atom stereocenters. The maximum Gasteiger partial charge on any atom is 0.262 e. The molecule has 6 heteroatoms. The van der Waals surface area contributed by atoms with Gasteiger partial charge in [-0.1, -0.05) is 18.2 Å². The van der Waals surface area contributed by atoms with Gasteiger partial charge < -0.3 is 20.1 Å². The van der Waals surface area contributed by atoms with Gasteiger partial charge in [-0.2, -0.15) is 0 Å². The Labute approximate surface area is 165 Å². The lowest BCUT2D eigenvalue weighted by molar-refractivity contribution is -0.118. The van der Waals surface area contributed by atoms with Crippen molar-refractivity contribution in [3.63, 3.8) is 0 Å². The number of ether oxygens (including phenoxy) is 2. The number of para-hydroxylation sites is 1. The average molecular weight is 382 g/mol. The van der Waals surface area contributed by atoms with Crippen LogP contribution in [0.15, 0.2) is 42.5 Å². The summed E-state index contributed by atoms with van der Waals surface area (Å²) in [6.07, 6.45) is 2.04. The van der Waals surface area contributed by atoms with E-state index in [2.05, 4.69) is 10.6 Å². The Morgan fingerprint density at radius 3 is 2.61 bits per heavy atom. The molecule has 1 saturated heterocycles. The number of carbonyl (C=O) groups excluding carboxylic acids is 2. The van der Waals surface area contributed by atoms with Crippen LogP contribution in [0.2, 0.25) is 0 Å². The Balaban J connectivity index is 1.57. The van der Waals surface area contributed by atoms with E-state index in [9.17, 15) is 9.59 Å². The zero-order valence-corrected chi connectivity index (χ0v) is 16.3. The molecule has 1 aliphatic heterocycles. The number of amides is 2. The third-order valence-corrected chi connectivity index (χ3v) is 4.53. The molecular formula is C22H26N2O4. The lowest BCUT2D eigenvalue weighted by Crippen LogP contribution is -2.32. The second-order valence-corrected chi connectivity index (χ2v) is 7.05. The first kappa shape index (κ1) is 19.9. The molecule has 6 nitrogen and oxygen atoms in total. The predicted octanol–water partition coefficient (Wildman–Crippen LogP) is 3.23. The minimum absolute atomic E-state index is 0.0666. The number of aryl methyl sites for hydroxylation is 2. The highest BCUT2D eigenvalue weighted by atomic mass is 16.5. The van der Waals surface area contributed by atoms with Crippen LogP contribution in [0.1, 0.15) is 34.3 Å². The summed E-state index contributed by atoms with van der Waals surface area (Å²) >= 11 is 0. The topological polar surface area (TPSA) is 76.7 Å². The highest BCUT2D eigenvalue weighted by Crippen LogP contribution is 2.18. The van der Waals surface area contributed by atoms with Crippen molar-refractivity contribution in [2.24, 2.45) is 0 Å². The van der Waals surface area contributed by atoms with E-state index in [1.54, 1.807) is 24.3 Å². The van der Waals surface area contributed by atoms with Crippen LogP contribution < -0.4 is 15.4 Å². The van der Waals surface area contributed by atoms with Crippen molar-refractivity contribution in [1.82, 2.24) is 5.32 Å². The van der Waals surface area contributed by atoms with Gasteiger partial charge in [-0.25, -0.2) is 0 Å². The Kier molecular flexibility index (Phi) is 6.66. The van der Waals surface area contributed by atoms with Crippen LogP contribution in [-0.4, -0.2) is 37.7 Å². The molecule has 1 fully saturated rings. The minimum Gasteiger partial charge on any atom is -0.484 e. The van der Waals surface area contributed by atoms with Crippen LogP contribution in [0.4, 0.5) is 5.69 Å². The van der Waals surface area contributed by atoms with Crippen molar-refractivity contribution in [2.45, 2.75) is 32.8 Å². The first-order chi connectivity index (χ1) is 13.5. The summed E-state index contributed by atoms with van der Waals surface area (Å²) in [6.45, 7) is 5.04. The number of carbonyl (C=O) groups is 2. The van der Waals surface area contributed by atoms with Crippen molar-refractivity contribution in [2.75, 3.05) is 25.1 Å². The van der Waals surface area contributed by atoms with Gasteiger partial charge in [0.1, 0.15) is 5.75 Å². The van der Waals surface area contributed by atoms with Crippen LogP contribution in [0.5, 0.6) is 5.75 Å². The molecule has 1 aliphatic rings. The SMILES string of the molecule is Cc1cc(C)cc(OCC(=O)Nc2ccccc2C(=O)NC[C@H]2CCCO2)c1. The Hall–Kier alpha value is -2.86. The van der Waals surface area contributed by atoms with Gasteiger partial charge in [-0.3, -0.25) is 9.59 Å². The zero-order valence-electron chi connectivity index (χ0n) is 16.3. The molecule has 2 N–H and O–H groups in total. The summed E-state index contributed by atoms with van der Waals surface area (Å²) in [5.74, 6) is 0.0930. The quantitative estimate of drug-likeness (QED) is 0.771. The molecule has 0 aliphatic carbocycles. The molecule has 1 heterocycles. The standard InChI is InChI=1S/C22H26N2O4/c1-15-10-16(2)12-18(11-15)28-14-21(25)24-20-8-4-3-7-19(20)22(26)23-13-17-6-5-9-27-17/h3-4,7-8,10-12,17H,5-6,9,13-14H2,1-2H3,(H,23,26)(H,24,25)/t17-/m1/s1. The van der Waals surface area contributed by atoms with Gasteiger partial charge in [0.25, 0.3) is 11.8 Å². The summed E-state index contributed by atoms with van der Waals surface area (Å²) < 4.78 is 11.1. The second-order valence-electron chi connectivity index (χ2n) is 7.05. The largest absolute Gasteiger partial charge is 0.484 e. The molecule has 28 heavy (non-hydrogen) atoms. The van der Waals surface area contributed by atoms with E-state index in [-0.39, 0.29) is 24.5 Å². The summed E-state index contributed by atoms with van der Waals surface area (Å²) in [5.41, 5.74) is 3.02. The molecule has 0 saturated carbocycles. The van der Waals surface area contributed by atoms with E-state index in [0.29, 0.717) is 23.5 Å². The molecule has 2 aromatic carbocycles. The van der Waals surface area contributed by atoms with E-state index in [1.165, 1.54) is 0 Å². The van der Waals surface area contributed by atoms with Crippen molar-refractivity contribution in [3.05, 3.63) is 59.2 Å². The van der Waals surface area contributed by atoms with E-state index < -0.39 is 0 Å². The molecule has 2 amide bonds. The zero-order chi connectivity index (χ0) is 19.9. The van der Waals surface area contributed by atoms with Gasteiger partial charge in [0.2, 0.25) is 0 Å². The predicted molar refractivity (Wildman–Crippen MR) is 108 cm³/mol. The van der Waals surface area contributed by atoms with Crippen LogP contribution in [0.25, 0.3) is 0 Å². The monoisotopic (exact) mass is 382 g/mol. The van der Waals surface area contributed by atoms with E-state index in [1.807, 2.05) is 32.0 Å². The third-order valence-electron chi connectivity index (χ3n) is 4.53. The summed E-state index contributed by atoms with van der Waals surface area (Å²) in [4.78, 5) is 24.8. The van der Waals surface area contributed by atoms with E-state index >= 15 is 0 Å². The number of nitrogens with one attached hydrogen (secondary N) is 2. The number of benzene rings is 2. The summed E-state index contributed by atoms with van der Waals surface area (Å²) in [6, 6.07) is 12.7. The van der Waals surface area contributed by atoms with Gasteiger partial charge in [0.05, 0.1) is 17.4 Å². The molecule has 148 valence electrons. The number of anilines is 1. The Bertz CT molecular complexity index is 824. The Morgan fingerprint density at radius 2 is 1.89 bits per heavy atom. The molecule has 0 spiro atoms. The molecule has 0 bridgehead atoms. The summed E-state index contributed by atoms with van der Waals surface area (Å²) in [5, 5.41) is 5.64. The number of hydrogen-bond acceptors (Lipinski definition) is 4. The average Bonchev–Trinajstić information content (AvgIpc) is 3.18. The van der Waals surface area contributed by atoms with E-state index in [4.69, 9.17) is 9.47 Å². The maximum atomic E-state index is 12.5. The summed E-state index contributed by atoms with van der Waals surface area (Å²) in [7, 11) is 0. The highest BCUT2D eigenvalue weighted by Gasteiger charge is 2.18. The third kappa shape index (κ3) is 5.57. The first-order valence-electron chi connectivity index (χ1n) is 9.51. The molecule has 3 rings (SSSR count). The molecule has 0 unspecified atom stereocenters. The smallest absolute Gasteiger partial charge is 0.262 e. The Morgan fingerprint density at radius 1 is 1.14 bits per heavy atom. The van der Waals surface area contributed by atoms with Crippen molar-refractivity contribution in [1.29, 1.82) is 0 Å². The van der Waals surface area contributed by atoms with Crippen LogP contribution in [0, 0.1) is 13.8 Å². The van der Waals surface area contributed by atoms with Crippen LogP contribution >= 0.6 is 0 Å². The van der Waals surface area contributed by atoms with Gasteiger partial charge in [0.15, 0.2) is 6.61 Å². The van der Waals surface area contributed by atoms with Gasteiger partial charge in [-0.15, -0.1) is 0 Å². The lowest BCUT2D eigenvalue weighted by atomic mass is 10.1. The number of rotatable bonds is 7. The normalized spacial score (nSPS) is 15.9. The van der Waals surface area contributed by atoms with Gasteiger partial charge >= 0.3 is 0 Å². The fraction of sp³-hybridized carbons (Fsp3) is 0.364. The fourth-order valence-electron chi connectivity index (χ4n) is 3.25. The van der Waals surface area contributed by atoms with E-state index in [0.717, 1.165) is 30.6 Å². The maximum absolute atomic E-state index is 12.5. The molecular weight excluding hydrogens is 356 g/mol. The second kappa shape index (κ2) is 9.37. The molecule has 0 radical (unpaired) electrons. The van der Waals surface area contributed by atoms with Crippen molar-refractivity contribution >= 4 is 17.5 Å². The van der Waals surface area contributed by atoms with Gasteiger partial charge in [-0.05, 0) is 62.1 Å². The minimum atomic E-state index is -0.321. The van der Waals surface area contributed by atoms with Gasteiger partial charge in [0, 0.05) is 13.2 Å². The molecule has 2 aromatic rings.